The molecule has 0 amide bonds. The van der Waals surface area contributed by atoms with Crippen molar-refractivity contribution in [3.8, 4) is 0 Å². The number of nitrogens with zero attached hydrogens (tertiary/aromatic N) is 2. The topological polar surface area (TPSA) is 41.9 Å². The minimum absolute atomic E-state index is 0.189. The lowest BCUT2D eigenvalue weighted by Gasteiger charge is -2.29. The summed E-state index contributed by atoms with van der Waals surface area (Å²) in [5.41, 5.74) is 1.69. The summed E-state index contributed by atoms with van der Waals surface area (Å²) >= 11 is 0. The van der Waals surface area contributed by atoms with Gasteiger partial charge in [-0.15, -0.1) is 0 Å². The molecule has 6 heteroatoms. The van der Waals surface area contributed by atoms with Crippen LogP contribution in [0.3, 0.4) is 0 Å². The van der Waals surface area contributed by atoms with Gasteiger partial charge in [0.1, 0.15) is 11.6 Å². The van der Waals surface area contributed by atoms with Gasteiger partial charge in [-0.2, -0.15) is 0 Å². The van der Waals surface area contributed by atoms with Crippen LogP contribution in [0.1, 0.15) is 42.1 Å². The first-order chi connectivity index (χ1) is 12.5. The molecule has 1 heterocycles. The molecule has 2 aromatic rings. The third-order valence-electron chi connectivity index (χ3n) is 4.41. The van der Waals surface area contributed by atoms with Crippen molar-refractivity contribution >= 4 is 17.4 Å². The Morgan fingerprint density at radius 1 is 1.00 bits per heavy atom. The number of benzene rings is 2. The van der Waals surface area contributed by atoms with E-state index in [0.29, 0.717) is 17.0 Å². The van der Waals surface area contributed by atoms with Gasteiger partial charge in [0.05, 0.1) is 17.0 Å². The van der Waals surface area contributed by atoms with E-state index in [-0.39, 0.29) is 11.4 Å². The maximum absolute atomic E-state index is 14.5. The molecule has 0 saturated carbocycles. The van der Waals surface area contributed by atoms with Crippen molar-refractivity contribution in [3.63, 3.8) is 0 Å². The van der Waals surface area contributed by atoms with Crippen LogP contribution in [0.4, 0.5) is 14.5 Å². The largest absolute Gasteiger partial charge is 0.369 e. The number of anilines is 1. The van der Waals surface area contributed by atoms with E-state index in [1.54, 1.807) is 19.1 Å². The van der Waals surface area contributed by atoms with Crippen LogP contribution in [0.15, 0.2) is 47.6 Å². The summed E-state index contributed by atoms with van der Waals surface area (Å²) in [6, 6.07) is 9.86. The van der Waals surface area contributed by atoms with Gasteiger partial charge in [0.2, 0.25) is 0 Å². The molecule has 136 valence electrons. The second-order valence-corrected chi connectivity index (χ2v) is 6.28. The van der Waals surface area contributed by atoms with Crippen LogP contribution < -0.4 is 4.90 Å². The lowest BCUT2D eigenvalue weighted by Crippen LogP contribution is -2.30. The van der Waals surface area contributed by atoms with Gasteiger partial charge in [-0.3, -0.25) is 0 Å². The lowest BCUT2D eigenvalue weighted by atomic mass is 10.1. The van der Waals surface area contributed by atoms with Crippen molar-refractivity contribution in [1.29, 1.82) is 0 Å². The number of carbonyl (C=O) groups excluding carboxylic acids is 1. The highest BCUT2D eigenvalue weighted by Crippen LogP contribution is 2.24. The zero-order valence-corrected chi connectivity index (χ0v) is 14.5. The van der Waals surface area contributed by atoms with E-state index in [0.717, 1.165) is 25.9 Å². The van der Waals surface area contributed by atoms with Crippen LogP contribution in [0.25, 0.3) is 0 Å². The van der Waals surface area contributed by atoms with E-state index >= 15 is 0 Å². The summed E-state index contributed by atoms with van der Waals surface area (Å²) < 4.78 is 27.3. The van der Waals surface area contributed by atoms with E-state index < -0.39 is 11.8 Å². The van der Waals surface area contributed by atoms with Crippen molar-refractivity contribution in [2.45, 2.75) is 26.2 Å². The van der Waals surface area contributed by atoms with Crippen molar-refractivity contribution in [1.82, 2.24) is 0 Å². The molecule has 0 aliphatic carbocycles. The molecule has 4 nitrogen and oxygen atoms in total. The molecule has 1 aliphatic heterocycles. The highest BCUT2D eigenvalue weighted by atomic mass is 19.1. The summed E-state index contributed by atoms with van der Waals surface area (Å²) in [5.74, 6) is -1.45. The fourth-order valence-electron chi connectivity index (χ4n) is 2.92. The smallest absolute Gasteiger partial charge is 0.365 e. The molecule has 0 N–H and O–H groups in total. The number of oxime groups is 1. The van der Waals surface area contributed by atoms with E-state index in [1.807, 2.05) is 4.90 Å². The predicted molar refractivity (Wildman–Crippen MR) is 96.5 cm³/mol. The molecule has 0 atom stereocenters. The minimum Gasteiger partial charge on any atom is -0.369 e. The number of hydrogen-bond acceptors (Lipinski definition) is 4. The Morgan fingerprint density at radius 2 is 1.65 bits per heavy atom. The summed E-state index contributed by atoms with van der Waals surface area (Å²) in [6.07, 6.45) is 3.32. The number of rotatable bonds is 4. The second kappa shape index (κ2) is 8.08. The monoisotopic (exact) mass is 358 g/mol. The molecule has 0 radical (unpaired) electrons. The van der Waals surface area contributed by atoms with Crippen molar-refractivity contribution < 1.29 is 18.4 Å². The van der Waals surface area contributed by atoms with Gasteiger partial charge in [-0.05, 0) is 62.6 Å². The Labute approximate surface area is 151 Å². The highest BCUT2D eigenvalue weighted by molar-refractivity contribution is 5.99. The summed E-state index contributed by atoms with van der Waals surface area (Å²) in [4.78, 5) is 18.8. The van der Waals surface area contributed by atoms with Crippen LogP contribution in [0.2, 0.25) is 0 Å². The zero-order valence-electron chi connectivity index (χ0n) is 14.5. The highest BCUT2D eigenvalue weighted by Gasteiger charge is 2.16. The van der Waals surface area contributed by atoms with Crippen LogP contribution in [0, 0.1) is 11.6 Å². The first kappa shape index (κ1) is 18.0. The molecule has 1 fully saturated rings. The molecular formula is C20H20F2N2O2. The summed E-state index contributed by atoms with van der Waals surface area (Å²) in [7, 11) is 0. The molecule has 3 rings (SSSR count). The van der Waals surface area contributed by atoms with Gasteiger partial charge in [-0.25, -0.2) is 13.6 Å². The fraction of sp³-hybridized carbons (Fsp3) is 0.300. The third kappa shape index (κ3) is 4.25. The third-order valence-corrected chi connectivity index (χ3v) is 4.41. The summed E-state index contributed by atoms with van der Waals surface area (Å²) in [5, 5.41) is 3.77. The van der Waals surface area contributed by atoms with Gasteiger partial charge >= 0.3 is 5.97 Å². The fourth-order valence-corrected chi connectivity index (χ4v) is 2.92. The Kier molecular flexibility index (Phi) is 5.61. The minimum atomic E-state index is -0.699. The van der Waals surface area contributed by atoms with E-state index in [9.17, 15) is 13.6 Å². The van der Waals surface area contributed by atoms with Crippen molar-refractivity contribution in [2.75, 3.05) is 18.0 Å². The maximum Gasteiger partial charge on any atom is 0.365 e. The summed E-state index contributed by atoms with van der Waals surface area (Å²) in [6.45, 7) is 3.35. The van der Waals surface area contributed by atoms with Gasteiger partial charge in [-0.1, -0.05) is 11.2 Å². The van der Waals surface area contributed by atoms with Crippen LogP contribution in [-0.4, -0.2) is 24.8 Å². The zero-order chi connectivity index (χ0) is 18.5. The van der Waals surface area contributed by atoms with E-state index in [1.165, 1.54) is 36.8 Å². The Morgan fingerprint density at radius 3 is 2.31 bits per heavy atom. The second-order valence-electron chi connectivity index (χ2n) is 6.28. The molecule has 1 aliphatic rings. The quantitative estimate of drug-likeness (QED) is 0.458. The number of carbonyl (C=O) groups is 1. The van der Waals surface area contributed by atoms with Crippen LogP contribution in [0.5, 0.6) is 0 Å². The predicted octanol–water partition coefficient (Wildman–Crippen LogP) is 4.54. The average Bonchev–Trinajstić information content (AvgIpc) is 2.67. The van der Waals surface area contributed by atoms with Crippen LogP contribution >= 0.6 is 0 Å². The lowest BCUT2D eigenvalue weighted by molar-refractivity contribution is 0.0516. The Balaban J connectivity index is 1.69. The van der Waals surface area contributed by atoms with Gasteiger partial charge in [0.25, 0.3) is 0 Å². The molecular weight excluding hydrogens is 338 g/mol. The molecule has 0 unspecified atom stereocenters. The van der Waals surface area contributed by atoms with Gasteiger partial charge < -0.3 is 9.74 Å². The molecule has 0 spiro atoms. The van der Waals surface area contributed by atoms with Gasteiger partial charge in [0, 0.05) is 18.7 Å². The van der Waals surface area contributed by atoms with E-state index in [4.69, 9.17) is 4.84 Å². The standard InChI is InChI=1S/C20H20F2N2O2/c1-14(23-26-20(25)15-5-8-17(21)9-6-15)16-7-10-19(18(22)13-16)24-11-3-2-4-12-24/h5-10,13H,2-4,11-12H2,1H3/b23-14-. The Hall–Kier alpha value is -2.76. The first-order valence-electron chi connectivity index (χ1n) is 8.61. The molecule has 1 saturated heterocycles. The molecule has 2 aromatic carbocycles. The average molecular weight is 358 g/mol. The van der Waals surface area contributed by atoms with E-state index in [2.05, 4.69) is 5.16 Å². The number of halogens is 2. The first-order valence-corrected chi connectivity index (χ1v) is 8.61. The molecule has 0 bridgehead atoms. The molecule has 0 aromatic heterocycles. The van der Waals surface area contributed by atoms with Crippen molar-refractivity contribution in [3.05, 3.63) is 65.2 Å². The van der Waals surface area contributed by atoms with Gasteiger partial charge in [0.15, 0.2) is 0 Å². The number of piperidine rings is 1. The molecule has 26 heavy (non-hydrogen) atoms. The SMILES string of the molecule is C/C(=N/OC(=O)c1ccc(F)cc1)c1ccc(N2CCCCC2)c(F)c1. The van der Waals surface area contributed by atoms with Crippen molar-refractivity contribution in [2.24, 2.45) is 5.16 Å². The maximum atomic E-state index is 14.5. The normalized spacial score (nSPS) is 15.0. The number of hydrogen-bond donors (Lipinski definition) is 0. The van der Waals surface area contributed by atoms with Crippen LogP contribution in [-0.2, 0) is 4.84 Å². The Bertz CT molecular complexity index is 813.